The first-order chi connectivity index (χ1) is 7.40. The van der Waals surface area contributed by atoms with E-state index in [4.69, 9.17) is 10.5 Å². The highest BCUT2D eigenvalue weighted by Crippen LogP contribution is 2.27. The van der Waals surface area contributed by atoms with Gasteiger partial charge in [0, 0.05) is 19.1 Å². The number of methoxy groups -OCH3 is 1. The molecule has 4 nitrogen and oxygen atoms in total. The van der Waals surface area contributed by atoms with Crippen molar-refractivity contribution in [2.75, 3.05) is 26.7 Å². The van der Waals surface area contributed by atoms with Gasteiger partial charge in [0.25, 0.3) is 0 Å². The number of carbonyl (C=O) groups excluding carboxylic acids is 1. The Balaban J connectivity index is 2.57. The topological polar surface area (TPSA) is 55.6 Å². The maximum Gasteiger partial charge on any atom is 0.312 e. The molecule has 94 valence electrons. The lowest BCUT2D eigenvalue weighted by Crippen LogP contribution is -2.41. The molecule has 0 aromatic heterocycles. The molecule has 2 atom stereocenters. The third-order valence-corrected chi connectivity index (χ3v) is 3.46. The first-order valence-electron chi connectivity index (χ1n) is 5.93. The zero-order chi connectivity index (χ0) is 12.3. The van der Waals surface area contributed by atoms with Crippen LogP contribution >= 0.6 is 0 Å². The summed E-state index contributed by atoms with van der Waals surface area (Å²) in [4.78, 5) is 13.9. The summed E-state index contributed by atoms with van der Waals surface area (Å²) < 4.78 is 4.82. The Morgan fingerprint density at radius 1 is 1.56 bits per heavy atom. The molecule has 1 rings (SSSR count). The van der Waals surface area contributed by atoms with Crippen molar-refractivity contribution in [2.45, 2.75) is 33.2 Å². The van der Waals surface area contributed by atoms with Crippen molar-refractivity contribution in [1.29, 1.82) is 0 Å². The lowest BCUT2D eigenvalue weighted by molar-refractivity contribution is -0.151. The standard InChI is InChI=1S/C12H24N2O2/c1-9-5-10(6-13)7-14(9)8-12(2,3)11(15)16-4/h9-10H,5-8,13H2,1-4H3. The van der Waals surface area contributed by atoms with Crippen molar-refractivity contribution in [3.05, 3.63) is 0 Å². The van der Waals surface area contributed by atoms with Gasteiger partial charge in [-0.25, -0.2) is 0 Å². The third-order valence-electron chi connectivity index (χ3n) is 3.46. The highest BCUT2D eigenvalue weighted by atomic mass is 16.5. The Hall–Kier alpha value is -0.610. The van der Waals surface area contributed by atoms with Crippen LogP contribution in [0, 0.1) is 11.3 Å². The van der Waals surface area contributed by atoms with E-state index in [2.05, 4.69) is 11.8 Å². The van der Waals surface area contributed by atoms with Crippen molar-refractivity contribution < 1.29 is 9.53 Å². The zero-order valence-corrected chi connectivity index (χ0v) is 10.8. The molecular formula is C12H24N2O2. The van der Waals surface area contributed by atoms with Crippen molar-refractivity contribution in [3.63, 3.8) is 0 Å². The van der Waals surface area contributed by atoms with Gasteiger partial charge in [0.15, 0.2) is 0 Å². The van der Waals surface area contributed by atoms with Crippen LogP contribution in [0.25, 0.3) is 0 Å². The van der Waals surface area contributed by atoms with Crippen molar-refractivity contribution >= 4 is 5.97 Å². The second kappa shape index (κ2) is 5.15. The fourth-order valence-electron chi connectivity index (χ4n) is 2.46. The van der Waals surface area contributed by atoms with E-state index in [1.807, 2.05) is 13.8 Å². The number of hydrogen-bond acceptors (Lipinski definition) is 4. The first kappa shape index (κ1) is 13.5. The van der Waals surface area contributed by atoms with Crippen molar-refractivity contribution in [3.8, 4) is 0 Å². The van der Waals surface area contributed by atoms with E-state index in [0.717, 1.165) is 26.1 Å². The van der Waals surface area contributed by atoms with Crippen LogP contribution in [0.15, 0.2) is 0 Å². The molecule has 1 saturated heterocycles. The summed E-state index contributed by atoms with van der Waals surface area (Å²) in [5.41, 5.74) is 5.25. The van der Waals surface area contributed by atoms with Crippen LogP contribution < -0.4 is 5.73 Å². The minimum absolute atomic E-state index is 0.143. The quantitative estimate of drug-likeness (QED) is 0.725. The number of likely N-dealkylation sites (tertiary alicyclic amines) is 1. The summed E-state index contributed by atoms with van der Waals surface area (Å²) in [7, 11) is 1.44. The van der Waals surface area contributed by atoms with E-state index < -0.39 is 5.41 Å². The number of esters is 1. The largest absolute Gasteiger partial charge is 0.469 e. The van der Waals surface area contributed by atoms with E-state index in [1.165, 1.54) is 7.11 Å². The first-order valence-corrected chi connectivity index (χ1v) is 5.93. The van der Waals surface area contributed by atoms with Gasteiger partial charge in [-0.2, -0.15) is 0 Å². The van der Waals surface area contributed by atoms with Crippen LogP contribution in [0.3, 0.4) is 0 Å². The summed E-state index contributed by atoms with van der Waals surface area (Å²) >= 11 is 0. The highest BCUT2D eigenvalue weighted by molar-refractivity contribution is 5.76. The van der Waals surface area contributed by atoms with Gasteiger partial charge in [0.05, 0.1) is 12.5 Å². The maximum absolute atomic E-state index is 11.6. The van der Waals surface area contributed by atoms with Crippen LogP contribution in [0.1, 0.15) is 27.2 Å². The van der Waals surface area contributed by atoms with Gasteiger partial charge in [-0.3, -0.25) is 9.69 Å². The summed E-state index contributed by atoms with van der Waals surface area (Å²) in [6, 6.07) is 0.512. The van der Waals surface area contributed by atoms with Crippen molar-refractivity contribution in [2.24, 2.45) is 17.1 Å². The number of rotatable bonds is 4. The van der Waals surface area contributed by atoms with Gasteiger partial charge in [-0.15, -0.1) is 0 Å². The molecule has 0 aliphatic carbocycles. The van der Waals surface area contributed by atoms with Gasteiger partial charge in [-0.05, 0) is 39.7 Å². The number of hydrogen-bond donors (Lipinski definition) is 1. The number of ether oxygens (including phenoxy) is 1. The zero-order valence-electron chi connectivity index (χ0n) is 10.8. The maximum atomic E-state index is 11.6. The summed E-state index contributed by atoms with van der Waals surface area (Å²) in [6.45, 7) is 8.54. The van der Waals surface area contributed by atoms with Crippen LogP contribution in [0.2, 0.25) is 0 Å². The molecule has 1 fully saturated rings. The monoisotopic (exact) mass is 228 g/mol. The summed E-state index contributed by atoms with van der Waals surface area (Å²) in [6.07, 6.45) is 1.13. The molecule has 0 radical (unpaired) electrons. The second-order valence-corrected chi connectivity index (χ2v) is 5.49. The van der Waals surface area contributed by atoms with Crippen LogP contribution in [0.5, 0.6) is 0 Å². The average Bonchev–Trinajstić information content (AvgIpc) is 2.57. The number of nitrogens with zero attached hydrogens (tertiary/aromatic N) is 1. The molecule has 1 aliphatic heterocycles. The fourth-order valence-corrected chi connectivity index (χ4v) is 2.46. The predicted molar refractivity (Wildman–Crippen MR) is 64.0 cm³/mol. The van der Waals surface area contributed by atoms with Gasteiger partial charge >= 0.3 is 5.97 Å². The molecule has 1 heterocycles. The molecule has 0 spiro atoms. The van der Waals surface area contributed by atoms with E-state index in [0.29, 0.717) is 12.0 Å². The normalized spacial score (nSPS) is 27.1. The minimum Gasteiger partial charge on any atom is -0.469 e. The van der Waals surface area contributed by atoms with Crippen LogP contribution in [0.4, 0.5) is 0 Å². The molecule has 0 amide bonds. The smallest absolute Gasteiger partial charge is 0.312 e. The van der Waals surface area contributed by atoms with Crippen LogP contribution in [-0.2, 0) is 9.53 Å². The summed E-state index contributed by atoms with van der Waals surface area (Å²) in [5.74, 6) is 0.430. The molecule has 0 aromatic carbocycles. The van der Waals surface area contributed by atoms with E-state index >= 15 is 0 Å². The molecule has 0 saturated carbocycles. The number of carbonyl (C=O) groups is 1. The van der Waals surface area contributed by atoms with Gasteiger partial charge in [-0.1, -0.05) is 0 Å². The molecule has 2 unspecified atom stereocenters. The lowest BCUT2D eigenvalue weighted by atomic mass is 9.93. The average molecular weight is 228 g/mol. The van der Waals surface area contributed by atoms with Crippen LogP contribution in [-0.4, -0.2) is 43.7 Å². The van der Waals surface area contributed by atoms with Gasteiger partial charge in [0.1, 0.15) is 0 Å². The molecule has 4 heteroatoms. The van der Waals surface area contributed by atoms with Crippen molar-refractivity contribution in [1.82, 2.24) is 4.90 Å². The Morgan fingerprint density at radius 2 is 2.19 bits per heavy atom. The third kappa shape index (κ3) is 2.95. The second-order valence-electron chi connectivity index (χ2n) is 5.49. The fraction of sp³-hybridized carbons (Fsp3) is 0.917. The Morgan fingerprint density at radius 3 is 2.62 bits per heavy atom. The predicted octanol–water partition coefficient (Wildman–Crippen LogP) is 0.855. The molecule has 0 aromatic rings. The Bertz CT molecular complexity index is 253. The molecule has 0 bridgehead atoms. The number of nitrogens with two attached hydrogens (primary N) is 1. The van der Waals surface area contributed by atoms with Gasteiger partial charge < -0.3 is 10.5 Å². The highest BCUT2D eigenvalue weighted by Gasteiger charge is 2.36. The Labute approximate surface area is 98.1 Å². The van der Waals surface area contributed by atoms with E-state index in [1.54, 1.807) is 0 Å². The van der Waals surface area contributed by atoms with E-state index in [9.17, 15) is 4.79 Å². The summed E-state index contributed by atoms with van der Waals surface area (Å²) in [5, 5.41) is 0. The lowest BCUT2D eigenvalue weighted by Gasteiger charge is -2.30. The molecule has 2 N–H and O–H groups in total. The van der Waals surface area contributed by atoms with E-state index in [-0.39, 0.29) is 5.97 Å². The molecular weight excluding hydrogens is 204 g/mol. The minimum atomic E-state index is -0.438. The Kier molecular flexibility index (Phi) is 4.33. The molecule has 1 aliphatic rings. The SMILES string of the molecule is COC(=O)C(C)(C)CN1CC(CN)CC1C. The van der Waals surface area contributed by atoms with Gasteiger partial charge in [0.2, 0.25) is 0 Å². The molecule has 16 heavy (non-hydrogen) atoms.